The number of hydrogen-bond donors (Lipinski definition) is 1. The van der Waals surface area contributed by atoms with Gasteiger partial charge >= 0.3 is 6.18 Å². The average molecular weight is 311 g/mol. The SMILES string of the molecule is CC(C)(C)Oc1cc(O)cc(-c2ccccc2C(F)(F)F)n1. The van der Waals surface area contributed by atoms with E-state index in [-0.39, 0.29) is 22.9 Å². The standard InChI is InChI=1S/C16H16F3NO2/c1-15(2,3)22-14-9-10(21)8-13(20-14)11-6-4-5-7-12(11)16(17,18)19/h4-9H,1-3H3,(H,20,21). The van der Waals surface area contributed by atoms with Crippen LogP contribution in [0.15, 0.2) is 36.4 Å². The molecule has 0 atom stereocenters. The maximum Gasteiger partial charge on any atom is 0.417 e. The molecule has 0 fully saturated rings. The van der Waals surface area contributed by atoms with Crippen molar-refractivity contribution in [1.29, 1.82) is 0 Å². The molecule has 1 aromatic carbocycles. The maximum absolute atomic E-state index is 13.1. The highest BCUT2D eigenvalue weighted by molar-refractivity contribution is 5.66. The smallest absolute Gasteiger partial charge is 0.417 e. The predicted octanol–water partition coefficient (Wildman–Crippen LogP) is 4.65. The summed E-state index contributed by atoms with van der Waals surface area (Å²) in [7, 11) is 0. The van der Waals surface area contributed by atoms with Gasteiger partial charge in [0.25, 0.3) is 0 Å². The highest BCUT2D eigenvalue weighted by atomic mass is 19.4. The molecule has 0 unspecified atom stereocenters. The van der Waals surface area contributed by atoms with Gasteiger partial charge in [0.15, 0.2) is 0 Å². The first-order chi connectivity index (χ1) is 10.1. The second kappa shape index (κ2) is 5.51. The number of aromatic nitrogens is 1. The minimum absolute atomic E-state index is 0.00664. The molecule has 1 N–H and O–H groups in total. The quantitative estimate of drug-likeness (QED) is 0.878. The van der Waals surface area contributed by atoms with Crippen molar-refractivity contribution in [3.63, 3.8) is 0 Å². The molecule has 0 spiro atoms. The number of rotatable bonds is 2. The Morgan fingerprint density at radius 3 is 2.27 bits per heavy atom. The van der Waals surface area contributed by atoms with Crippen molar-refractivity contribution >= 4 is 0 Å². The van der Waals surface area contributed by atoms with E-state index in [9.17, 15) is 18.3 Å². The fraction of sp³-hybridized carbons (Fsp3) is 0.312. The van der Waals surface area contributed by atoms with Crippen LogP contribution >= 0.6 is 0 Å². The Labute approximate surface area is 126 Å². The van der Waals surface area contributed by atoms with Crippen LogP contribution in [0.25, 0.3) is 11.3 Å². The molecule has 0 aliphatic rings. The predicted molar refractivity (Wildman–Crippen MR) is 76.7 cm³/mol. The minimum atomic E-state index is -4.51. The largest absolute Gasteiger partial charge is 0.508 e. The van der Waals surface area contributed by atoms with Gasteiger partial charge in [-0.05, 0) is 26.8 Å². The Bertz CT molecular complexity index is 676. The lowest BCUT2D eigenvalue weighted by molar-refractivity contribution is -0.137. The number of pyridine rings is 1. The lowest BCUT2D eigenvalue weighted by Crippen LogP contribution is -2.23. The first kappa shape index (κ1) is 16.1. The first-order valence-electron chi connectivity index (χ1n) is 6.63. The summed E-state index contributed by atoms with van der Waals surface area (Å²) in [5.41, 5.74) is -1.49. The molecule has 0 saturated carbocycles. The van der Waals surface area contributed by atoms with Crippen molar-refractivity contribution in [1.82, 2.24) is 4.98 Å². The van der Waals surface area contributed by atoms with Gasteiger partial charge in [-0.2, -0.15) is 13.2 Å². The Morgan fingerprint density at radius 2 is 1.68 bits per heavy atom. The molecular formula is C16H16F3NO2. The van der Waals surface area contributed by atoms with Crippen LogP contribution in [0.4, 0.5) is 13.2 Å². The van der Waals surface area contributed by atoms with Crippen LogP contribution in [0.3, 0.4) is 0 Å². The maximum atomic E-state index is 13.1. The number of ether oxygens (including phenoxy) is 1. The number of hydrogen-bond acceptors (Lipinski definition) is 3. The normalized spacial score (nSPS) is 12.3. The van der Waals surface area contributed by atoms with Crippen molar-refractivity contribution in [2.24, 2.45) is 0 Å². The molecule has 2 aromatic rings. The van der Waals surface area contributed by atoms with Crippen LogP contribution in [-0.4, -0.2) is 15.7 Å². The molecule has 0 saturated heterocycles. The highest BCUT2D eigenvalue weighted by Gasteiger charge is 2.33. The van der Waals surface area contributed by atoms with Gasteiger partial charge in [-0.25, -0.2) is 4.98 Å². The molecule has 2 rings (SSSR count). The lowest BCUT2D eigenvalue weighted by atomic mass is 10.0. The number of halogens is 3. The van der Waals surface area contributed by atoms with E-state index < -0.39 is 17.3 Å². The lowest BCUT2D eigenvalue weighted by Gasteiger charge is -2.21. The number of nitrogens with zero attached hydrogens (tertiary/aromatic N) is 1. The third-order valence-electron chi connectivity index (χ3n) is 2.71. The summed E-state index contributed by atoms with van der Waals surface area (Å²) in [5, 5.41) is 9.74. The third-order valence-corrected chi connectivity index (χ3v) is 2.71. The van der Waals surface area contributed by atoms with Gasteiger partial charge in [-0.3, -0.25) is 0 Å². The summed E-state index contributed by atoms with van der Waals surface area (Å²) in [6, 6.07) is 7.53. The molecular weight excluding hydrogens is 295 g/mol. The van der Waals surface area contributed by atoms with Crippen molar-refractivity contribution in [3.05, 3.63) is 42.0 Å². The summed E-state index contributed by atoms with van der Waals surface area (Å²) in [5.74, 6) is -0.138. The molecule has 0 bridgehead atoms. The van der Waals surface area contributed by atoms with Crippen LogP contribution in [0.2, 0.25) is 0 Å². The molecule has 0 aliphatic heterocycles. The highest BCUT2D eigenvalue weighted by Crippen LogP contribution is 2.37. The van der Waals surface area contributed by atoms with Crippen LogP contribution < -0.4 is 4.74 Å². The van der Waals surface area contributed by atoms with Gasteiger partial charge in [0.05, 0.1) is 11.3 Å². The van der Waals surface area contributed by atoms with E-state index in [1.54, 1.807) is 20.8 Å². The van der Waals surface area contributed by atoms with Crippen molar-refractivity contribution in [3.8, 4) is 22.9 Å². The number of benzene rings is 1. The first-order valence-corrected chi connectivity index (χ1v) is 6.63. The molecule has 6 heteroatoms. The van der Waals surface area contributed by atoms with E-state index in [0.29, 0.717) is 0 Å². The van der Waals surface area contributed by atoms with E-state index in [0.717, 1.165) is 6.07 Å². The monoisotopic (exact) mass is 311 g/mol. The van der Waals surface area contributed by atoms with Crippen molar-refractivity contribution in [2.75, 3.05) is 0 Å². The molecule has 3 nitrogen and oxygen atoms in total. The number of alkyl halides is 3. The topological polar surface area (TPSA) is 42.4 Å². The molecule has 1 heterocycles. The van der Waals surface area contributed by atoms with Crippen LogP contribution in [0.5, 0.6) is 11.6 Å². The van der Waals surface area contributed by atoms with Crippen molar-refractivity contribution in [2.45, 2.75) is 32.5 Å². The second-order valence-electron chi connectivity index (χ2n) is 5.81. The fourth-order valence-electron chi connectivity index (χ4n) is 1.95. The Morgan fingerprint density at radius 1 is 1.05 bits per heavy atom. The summed E-state index contributed by atoms with van der Waals surface area (Å²) in [4.78, 5) is 4.08. The Kier molecular flexibility index (Phi) is 4.04. The summed E-state index contributed by atoms with van der Waals surface area (Å²) in [6.07, 6.45) is -4.51. The van der Waals surface area contributed by atoms with Crippen molar-refractivity contribution < 1.29 is 23.0 Å². The minimum Gasteiger partial charge on any atom is -0.508 e. The van der Waals surface area contributed by atoms with Crippen LogP contribution in [0, 0.1) is 0 Å². The van der Waals surface area contributed by atoms with Gasteiger partial charge in [0.2, 0.25) is 5.88 Å². The summed E-state index contributed by atoms with van der Waals surface area (Å²) in [6.45, 7) is 5.34. The van der Waals surface area contributed by atoms with E-state index in [2.05, 4.69) is 4.98 Å². The molecule has 22 heavy (non-hydrogen) atoms. The zero-order valence-electron chi connectivity index (χ0n) is 12.4. The molecule has 0 amide bonds. The van der Waals surface area contributed by atoms with Gasteiger partial charge in [0.1, 0.15) is 11.4 Å². The fourth-order valence-corrected chi connectivity index (χ4v) is 1.95. The summed E-state index contributed by atoms with van der Waals surface area (Å²) < 4.78 is 44.8. The van der Waals surface area contributed by atoms with E-state index in [1.165, 1.54) is 30.3 Å². The van der Waals surface area contributed by atoms with E-state index in [1.807, 2.05) is 0 Å². The third kappa shape index (κ3) is 3.90. The summed E-state index contributed by atoms with van der Waals surface area (Å²) >= 11 is 0. The zero-order valence-corrected chi connectivity index (χ0v) is 12.4. The molecule has 118 valence electrons. The van der Waals surface area contributed by atoms with Crippen LogP contribution in [-0.2, 0) is 6.18 Å². The average Bonchev–Trinajstić information content (AvgIpc) is 2.35. The molecule has 0 radical (unpaired) electrons. The van der Waals surface area contributed by atoms with Gasteiger partial charge < -0.3 is 9.84 Å². The second-order valence-corrected chi connectivity index (χ2v) is 5.81. The molecule has 1 aromatic heterocycles. The number of aromatic hydroxyl groups is 1. The Hall–Kier alpha value is -2.24. The van der Waals surface area contributed by atoms with E-state index in [4.69, 9.17) is 4.74 Å². The van der Waals surface area contributed by atoms with Crippen LogP contribution in [0.1, 0.15) is 26.3 Å². The Balaban J connectivity index is 2.55. The zero-order chi connectivity index (χ0) is 16.5. The van der Waals surface area contributed by atoms with E-state index >= 15 is 0 Å². The van der Waals surface area contributed by atoms with Gasteiger partial charge in [0, 0.05) is 17.7 Å². The van der Waals surface area contributed by atoms with Gasteiger partial charge in [-0.1, -0.05) is 18.2 Å². The molecule has 0 aliphatic carbocycles. The van der Waals surface area contributed by atoms with Gasteiger partial charge in [-0.15, -0.1) is 0 Å².